The maximum absolute atomic E-state index is 12.2. The van der Waals surface area contributed by atoms with Crippen LogP contribution in [0.1, 0.15) is 29.9 Å². The summed E-state index contributed by atoms with van der Waals surface area (Å²) >= 11 is 0. The first-order valence-electron chi connectivity index (χ1n) is 11.7. The van der Waals surface area contributed by atoms with E-state index in [4.69, 9.17) is 14.2 Å². The summed E-state index contributed by atoms with van der Waals surface area (Å²) in [6.45, 7) is 0.877. The van der Waals surface area contributed by atoms with Crippen molar-refractivity contribution in [3.8, 4) is 11.1 Å². The average molecular weight is 483 g/mol. The molecule has 1 atom stereocenters. The summed E-state index contributed by atoms with van der Waals surface area (Å²) in [7, 11) is 0. The molecule has 0 spiro atoms. The zero-order chi connectivity index (χ0) is 24.7. The van der Waals surface area contributed by atoms with Gasteiger partial charge < -0.3 is 30.0 Å². The highest BCUT2D eigenvalue weighted by Gasteiger charge is 2.40. The molecule has 0 bridgehead atoms. The van der Waals surface area contributed by atoms with E-state index >= 15 is 0 Å². The number of hydrogen-bond acceptors (Lipinski definition) is 6. The van der Waals surface area contributed by atoms with Crippen molar-refractivity contribution in [2.45, 2.75) is 18.8 Å². The van der Waals surface area contributed by atoms with Gasteiger partial charge >= 0.3 is 12.1 Å². The molecule has 0 radical (unpaired) electrons. The Morgan fingerprint density at radius 3 is 2.34 bits per heavy atom. The molecule has 4 rings (SSSR count). The molecule has 2 aromatic carbocycles. The lowest BCUT2D eigenvalue weighted by Gasteiger charge is -2.32. The minimum atomic E-state index is -1.10. The van der Waals surface area contributed by atoms with E-state index in [1.807, 2.05) is 24.3 Å². The smallest absolute Gasteiger partial charge is 0.407 e. The van der Waals surface area contributed by atoms with Gasteiger partial charge in [0, 0.05) is 25.6 Å². The first-order valence-corrected chi connectivity index (χ1v) is 11.7. The van der Waals surface area contributed by atoms with Crippen molar-refractivity contribution in [2.75, 3.05) is 46.1 Å². The molecular weight excluding hydrogens is 452 g/mol. The van der Waals surface area contributed by atoms with Gasteiger partial charge in [-0.15, -0.1) is 0 Å². The molecule has 1 fully saturated rings. The highest BCUT2D eigenvalue weighted by molar-refractivity contribution is 5.80. The number of amides is 2. The fourth-order valence-corrected chi connectivity index (χ4v) is 4.59. The summed E-state index contributed by atoms with van der Waals surface area (Å²) in [5.41, 5.74) is 3.50. The lowest BCUT2D eigenvalue weighted by atomic mass is 9.82. The van der Waals surface area contributed by atoms with Crippen molar-refractivity contribution >= 4 is 18.0 Å². The number of carboxylic acids is 1. The molecule has 186 valence electrons. The standard InChI is InChI=1S/C26H30N2O7/c29-23(28-16-26(24(30)31)10-5-12-34-17-26)15-33-13-11-27-25(32)35-14-22-20-8-3-1-6-18(20)19-7-2-4-9-21(19)22/h1-4,6-9,22H,5,10-17H2,(H,27,32)(H,28,29)(H,30,31). The van der Waals surface area contributed by atoms with Crippen LogP contribution < -0.4 is 10.6 Å². The fraction of sp³-hybridized carbons (Fsp3) is 0.423. The van der Waals surface area contributed by atoms with Crippen LogP contribution in [0.4, 0.5) is 4.79 Å². The molecule has 0 saturated carbocycles. The Balaban J connectivity index is 1.14. The Morgan fingerprint density at radius 1 is 1.03 bits per heavy atom. The van der Waals surface area contributed by atoms with Gasteiger partial charge in [-0.05, 0) is 35.1 Å². The molecule has 1 heterocycles. The number of hydrogen-bond donors (Lipinski definition) is 3. The third-order valence-electron chi connectivity index (χ3n) is 6.49. The number of benzene rings is 2. The van der Waals surface area contributed by atoms with Gasteiger partial charge in [-0.2, -0.15) is 0 Å². The normalized spacial score (nSPS) is 18.9. The molecule has 1 aliphatic carbocycles. The molecule has 9 nitrogen and oxygen atoms in total. The number of carbonyl (C=O) groups is 3. The van der Waals surface area contributed by atoms with E-state index in [2.05, 4.69) is 34.9 Å². The molecule has 9 heteroatoms. The highest BCUT2D eigenvalue weighted by Crippen LogP contribution is 2.44. The summed E-state index contributed by atoms with van der Waals surface area (Å²) in [5, 5.41) is 14.7. The van der Waals surface area contributed by atoms with Crippen molar-refractivity contribution in [3.63, 3.8) is 0 Å². The Kier molecular flexibility index (Phi) is 7.99. The summed E-state index contributed by atoms with van der Waals surface area (Å²) in [5.74, 6) is -1.42. The number of alkyl carbamates (subject to hydrolysis) is 1. The van der Waals surface area contributed by atoms with Gasteiger partial charge in [0.05, 0.1) is 13.2 Å². The van der Waals surface area contributed by atoms with Crippen LogP contribution in [0.25, 0.3) is 11.1 Å². The summed E-state index contributed by atoms with van der Waals surface area (Å²) in [6.07, 6.45) is 0.536. The number of fused-ring (bicyclic) bond motifs is 3. The fourth-order valence-electron chi connectivity index (χ4n) is 4.59. The van der Waals surface area contributed by atoms with E-state index in [9.17, 15) is 19.5 Å². The largest absolute Gasteiger partial charge is 0.481 e. The quantitative estimate of drug-likeness (QED) is 0.445. The van der Waals surface area contributed by atoms with E-state index in [0.717, 1.165) is 22.3 Å². The molecular formula is C26H30N2O7. The number of aliphatic carboxylic acids is 1. The second-order valence-electron chi connectivity index (χ2n) is 8.82. The van der Waals surface area contributed by atoms with E-state index < -0.39 is 23.4 Å². The lowest BCUT2D eigenvalue weighted by Crippen LogP contribution is -2.48. The van der Waals surface area contributed by atoms with Crippen LogP contribution in [0.5, 0.6) is 0 Å². The molecule has 3 N–H and O–H groups in total. The van der Waals surface area contributed by atoms with Crippen LogP contribution in [0.3, 0.4) is 0 Å². The predicted molar refractivity (Wildman–Crippen MR) is 127 cm³/mol. The zero-order valence-electron chi connectivity index (χ0n) is 19.5. The predicted octanol–water partition coefficient (Wildman–Crippen LogP) is 2.54. The highest BCUT2D eigenvalue weighted by atomic mass is 16.5. The van der Waals surface area contributed by atoms with E-state index in [0.29, 0.717) is 19.4 Å². The van der Waals surface area contributed by atoms with Crippen molar-refractivity contribution < 1.29 is 33.7 Å². The second kappa shape index (κ2) is 11.3. The summed E-state index contributed by atoms with van der Waals surface area (Å²) in [4.78, 5) is 35.8. The molecule has 1 saturated heterocycles. The summed E-state index contributed by atoms with van der Waals surface area (Å²) in [6, 6.07) is 16.2. The van der Waals surface area contributed by atoms with Crippen molar-refractivity contribution in [2.24, 2.45) is 5.41 Å². The third-order valence-corrected chi connectivity index (χ3v) is 6.49. The van der Waals surface area contributed by atoms with Gasteiger partial charge in [0.1, 0.15) is 18.6 Å². The van der Waals surface area contributed by atoms with Gasteiger partial charge in [0.15, 0.2) is 0 Å². The van der Waals surface area contributed by atoms with E-state index in [-0.39, 0.29) is 45.4 Å². The Hall–Kier alpha value is -3.43. The van der Waals surface area contributed by atoms with Crippen LogP contribution in [-0.2, 0) is 23.8 Å². The van der Waals surface area contributed by atoms with Crippen molar-refractivity contribution in [1.82, 2.24) is 10.6 Å². The van der Waals surface area contributed by atoms with Gasteiger partial charge in [-0.3, -0.25) is 9.59 Å². The van der Waals surface area contributed by atoms with E-state index in [1.165, 1.54) is 0 Å². The molecule has 0 aromatic heterocycles. The number of rotatable bonds is 10. The van der Waals surface area contributed by atoms with Crippen LogP contribution >= 0.6 is 0 Å². The maximum Gasteiger partial charge on any atom is 0.407 e. The molecule has 1 unspecified atom stereocenters. The first kappa shape index (κ1) is 24.7. The molecule has 1 aliphatic heterocycles. The maximum atomic E-state index is 12.2. The number of nitrogens with one attached hydrogen (secondary N) is 2. The van der Waals surface area contributed by atoms with Crippen LogP contribution in [0.15, 0.2) is 48.5 Å². The molecule has 35 heavy (non-hydrogen) atoms. The third kappa shape index (κ3) is 5.80. The monoisotopic (exact) mass is 482 g/mol. The van der Waals surface area contributed by atoms with Crippen molar-refractivity contribution in [1.29, 1.82) is 0 Å². The second-order valence-corrected chi connectivity index (χ2v) is 8.82. The minimum Gasteiger partial charge on any atom is -0.481 e. The minimum absolute atomic E-state index is 0.0114. The Bertz CT molecular complexity index is 1020. The Labute approximate surface area is 203 Å². The first-order chi connectivity index (χ1) is 17.0. The van der Waals surface area contributed by atoms with Gasteiger partial charge in [-0.25, -0.2) is 4.79 Å². The Morgan fingerprint density at radius 2 is 1.71 bits per heavy atom. The lowest BCUT2D eigenvalue weighted by molar-refractivity contribution is -0.157. The van der Waals surface area contributed by atoms with Crippen LogP contribution in [-0.4, -0.2) is 69.2 Å². The molecule has 2 aliphatic rings. The van der Waals surface area contributed by atoms with Crippen LogP contribution in [0, 0.1) is 5.41 Å². The molecule has 2 aromatic rings. The zero-order valence-corrected chi connectivity index (χ0v) is 19.5. The average Bonchev–Trinajstić information content (AvgIpc) is 3.20. The number of carboxylic acid groups (broad SMARTS) is 1. The van der Waals surface area contributed by atoms with Gasteiger partial charge in [-0.1, -0.05) is 48.5 Å². The van der Waals surface area contributed by atoms with E-state index in [1.54, 1.807) is 0 Å². The molecule has 2 amide bonds. The van der Waals surface area contributed by atoms with Gasteiger partial charge in [0.2, 0.25) is 5.91 Å². The van der Waals surface area contributed by atoms with Gasteiger partial charge in [0.25, 0.3) is 0 Å². The summed E-state index contributed by atoms with van der Waals surface area (Å²) < 4.78 is 16.0. The topological polar surface area (TPSA) is 123 Å². The van der Waals surface area contributed by atoms with Crippen molar-refractivity contribution in [3.05, 3.63) is 59.7 Å². The SMILES string of the molecule is O=C(COCCNC(=O)OCC1c2ccccc2-c2ccccc21)NCC1(C(=O)O)CCCOC1. The van der Waals surface area contributed by atoms with Crippen LogP contribution in [0.2, 0.25) is 0 Å². The number of carbonyl (C=O) groups excluding carboxylic acids is 2. The number of ether oxygens (including phenoxy) is 3.